The maximum Gasteiger partial charge on any atom is 0.515 e. The van der Waals surface area contributed by atoms with Crippen LogP contribution >= 0.6 is 34.5 Å². The maximum atomic E-state index is 13.5. The van der Waals surface area contributed by atoms with Crippen molar-refractivity contribution in [2.24, 2.45) is 0 Å². The third-order valence-electron chi connectivity index (χ3n) is 4.10. The fourth-order valence-electron chi connectivity index (χ4n) is 2.69. The molecule has 11 heteroatoms. The van der Waals surface area contributed by atoms with Gasteiger partial charge in [0.1, 0.15) is 0 Å². The van der Waals surface area contributed by atoms with E-state index < -0.39 is 12.1 Å². The zero-order valence-electron chi connectivity index (χ0n) is 17.3. The zero-order valence-corrected chi connectivity index (χ0v) is 19.6. The van der Waals surface area contributed by atoms with Gasteiger partial charge in [-0.15, -0.1) is 11.3 Å². The highest BCUT2D eigenvalue weighted by Crippen LogP contribution is 2.38. The molecule has 0 fully saturated rings. The van der Waals surface area contributed by atoms with E-state index in [1.165, 1.54) is 36.6 Å². The third-order valence-corrected chi connectivity index (χ3v) is 5.45. The number of carbonyl (C=O) groups is 2. The number of halogens is 2. The lowest BCUT2D eigenvalue weighted by Gasteiger charge is -2.22. The molecule has 0 spiro atoms. The number of benzene rings is 2. The molecule has 0 unspecified atom stereocenters. The quantitative estimate of drug-likeness (QED) is 0.371. The summed E-state index contributed by atoms with van der Waals surface area (Å²) in [6, 6.07) is 9.49. The van der Waals surface area contributed by atoms with Gasteiger partial charge in [0.2, 0.25) is 11.0 Å². The van der Waals surface area contributed by atoms with Gasteiger partial charge in [0, 0.05) is 11.1 Å². The third kappa shape index (κ3) is 5.24. The summed E-state index contributed by atoms with van der Waals surface area (Å²) in [6.07, 6.45) is -0.894. The molecular weight excluding hydrogens is 479 g/mol. The number of thiazole rings is 1. The van der Waals surface area contributed by atoms with Crippen molar-refractivity contribution < 1.29 is 28.5 Å². The van der Waals surface area contributed by atoms with Crippen LogP contribution in [0.1, 0.15) is 17.3 Å². The van der Waals surface area contributed by atoms with Crippen LogP contribution in [0.25, 0.3) is 0 Å². The van der Waals surface area contributed by atoms with Crippen LogP contribution < -0.4 is 19.1 Å². The van der Waals surface area contributed by atoms with Crippen molar-refractivity contribution in [3.63, 3.8) is 0 Å². The Labute approximate surface area is 198 Å². The highest BCUT2D eigenvalue weighted by atomic mass is 35.5. The fraction of sp³-hybridized carbons (Fsp3) is 0.190. The molecule has 0 radical (unpaired) electrons. The van der Waals surface area contributed by atoms with Crippen LogP contribution in [0, 0.1) is 0 Å². The highest BCUT2D eigenvalue weighted by Gasteiger charge is 2.26. The molecule has 1 aromatic heterocycles. The molecule has 0 N–H and O–H groups in total. The van der Waals surface area contributed by atoms with Gasteiger partial charge in [-0.3, -0.25) is 9.69 Å². The Morgan fingerprint density at radius 2 is 1.81 bits per heavy atom. The lowest BCUT2D eigenvalue weighted by atomic mass is 10.1. The molecule has 2 aromatic carbocycles. The average Bonchev–Trinajstić information content (AvgIpc) is 3.21. The van der Waals surface area contributed by atoms with E-state index in [0.29, 0.717) is 22.2 Å². The number of methoxy groups -OCH3 is 2. The second kappa shape index (κ2) is 10.5. The van der Waals surface area contributed by atoms with Gasteiger partial charge in [-0.2, -0.15) is 4.98 Å². The van der Waals surface area contributed by atoms with Crippen LogP contribution in [0.3, 0.4) is 0 Å². The van der Waals surface area contributed by atoms with Crippen LogP contribution in [0.15, 0.2) is 41.8 Å². The molecular formula is C21H18Cl2N2O6S. The van der Waals surface area contributed by atoms with Gasteiger partial charge in [0.25, 0.3) is 5.91 Å². The Bertz CT molecular complexity index is 1140. The van der Waals surface area contributed by atoms with Gasteiger partial charge in [-0.1, -0.05) is 23.2 Å². The Balaban J connectivity index is 2.07. The van der Waals surface area contributed by atoms with E-state index in [0.717, 1.165) is 11.3 Å². The second-order valence-electron chi connectivity index (χ2n) is 6.06. The molecule has 0 aliphatic rings. The number of amides is 1. The first-order chi connectivity index (χ1) is 15.4. The second-order valence-corrected chi connectivity index (χ2v) is 7.74. The van der Waals surface area contributed by atoms with E-state index >= 15 is 0 Å². The summed E-state index contributed by atoms with van der Waals surface area (Å²) < 4.78 is 20.4. The van der Waals surface area contributed by atoms with E-state index in [2.05, 4.69) is 4.98 Å². The maximum absolute atomic E-state index is 13.5. The molecule has 1 amide bonds. The van der Waals surface area contributed by atoms with Crippen LogP contribution in [-0.4, -0.2) is 37.9 Å². The summed E-state index contributed by atoms with van der Waals surface area (Å²) >= 11 is 13.3. The molecule has 1 heterocycles. The Morgan fingerprint density at radius 3 is 2.47 bits per heavy atom. The Kier molecular flexibility index (Phi) is 7.79. The monoisotopic (exact) mass is 496 g/mol. The van der Waals surface area contributed by atoms with Gasteiger partial charge in [-0.05, 0) is 37.3 Å². The minimum absolute atomic E-state index is 0.0103. The van der Waals surface area contributed by atoms with Crippen molar-refractivity contribution in [1.82, 2.24) is 4.98 Å². The van der Waals surface area contributed by atoms with Crippen molar-refractivity contribution in [1.29, 1.82) is 0 Å². The van der Waals surface area contributed by atoms with Gasteiger partial charge in [0.05, 0.1) is 42.5 Å². The SMILES string of the molecule is CCOC(=O)Oc1csc(N(C(=O)c2ccc(Cl)cc2Cl)c2ccc(OC)c(OC)c2)n1. The van der Waals surface area contributed by atoms with E-state index in [4.69, 9.17) is 42.1 Å². The van der Waals surface area contributed by atoms with Crippen LogP contribution in [0.4, 0.5) is 15.6 Å². The van der Waals surface area contributed by atoms with Crippen molar-refractivity contribution in [3.05, 3.63) is 57.4 Å². The molecule has 3 rings (SSSR count). The number of anilines is 2. The van der Waals surface area contributed by atoms with Crippen LogP contribution in [0.2, 0.25) is 10.0 Å². The summed E-state index contributed by atoms with van der Waals surface area (Å²) in [6.45, 7) is 1.81. The number of aromatic nitrogens is 1. The first-order valence-corrected chi connectivity index (χ1v) is 10.8. The molecule has 8 nitrogen and oxygen atoms in total. The van der Waals surface area contributed by atoms with Crippen molar-refractivity contribution >= 4 is 57.4 Å². The highest BCUT2D eigenvalue weighted by molar-refractivity contribution is 7.14. The van der Waals surface area contributed by atoms with Crippen molar-refractivity contribution in [2.75, 3.05) is 25.7 Å². The first kappa shape index (κ1) is 23.6. The van der Waals surface area contributed by atoms with Crippen LogP contribution in [0.5, 0.6) is 17.4 Å². The molecule has 0 aliphatic heterocycles. The lowest BCUT2D eigenvalue weighted by molar-refractivity contribution is 0.0999. The number of nitrogens with zero attached hydrogens (tertiary/aromatic N) is 2. The number of carbonyl (C=O) groups excluding carboxylic acids is 2. The van der Waals surface area contributed by atoms with Gasteiger partial charge < -0.3 is 18.9 Å². The molecule has 0 saturated carbocycles. The van der Waals surface area contributed by atoms with Crippen molar-refractivity contribution in [2.45, 2.75) is 6.92 Å². The lowest BCUT2D eigenvalue weighted by Crippen LogP contribution is -2.26. The number of hydrogen-bond donors (Lipinski definition) is 0. The van der Waals surface area contributed by atoms with E-state index in [9.17, 15) is 9.59 Å². The normalized spacial score (nSPS) is 10.4. The van der Waals surface area contributed by atoms with Gasteiger partial charge in [0.15, 0.2) is 11.5 Å². The zero-order chi connectivity index (χ0) is 23.3. The predicted molar refractivity (Wildman–Crippen MR) is 122 cm³/mol. The van der Waals surface area contributed by atoms with Crippen molar-refractivity contribution in [3.8, 4) is 17.4 Å². The molecule has 0 saturated heterocycles. The largest absolute Gasteiger partial charge is 0.515 e. The average molecular weight is 497 g/mol. The predicted octanol–water partition coefficient (Wildman–Crippen LogP) is 5.98. The summed E-state index contributed by atoms with van der Waals surface area (Å²) in [5, 5.41) is 2.28. The summed E-state index contributed by atoms with van der Waals surface area (Å²) in [5.74, 6) is 0.406. The minimum Gasteiger partial charge on any atom is -0.493 e. The number of hydrogen-bond acceptors (Lipinski definition) is 8. The smallest absolute Gasteiger partial charge is 0.493 e. The molecule has 0 bridgehead atoms. The minimum atomic E-state index is -0.894. The van der Waals surface area contributed by atoms with Gasteiger partial charge >= 0.3 is 6.16 Å². The summed E-state index contributed by atoms with van der Waals surface area (Å²) in [4.78, 5) is 30.7. The molecule has 0 atom stereocenters. The topological polar surface area (TPSA) is 87.2 Å². The molecule has 0 aliphatic carbocycles. The van der Waals surface area contributed by atoms with E-state index in [1.54, 1.807) is 31.2 Å². The Morgan fingerprint density at radius 1 is 1.06 bits per heavy atom. The standard InChI is InChI=1S/C21H18Cl2N2O6S/c1-4-30-21(27)31-18-11-32-20(24-18)25(13-6-8-16(28-2)17(10-13)29-3)19(26)14-7-5-12(22)9-15(14)23/h5-11H,4H2,1-3H3. The summed E-state index contributed by atoms with van der Waals surface area (Å²) in [7, 11) is 2.99. The Hall–Kier alpha value is -3.01. The van der Waals surface area contributed by atoms with Gasteiger partial charge in [-0.25, -0.2) is 4.79 Å². The number of rotatable bonds is 7. The fourth-order valence-corrected chi connectivity index (χ4v) is 3.93. The first-order valence-electron chi connectivity index (χ1n) is 9.19. The molecule has 168 valence electrons. The summed E-state index contributed by atoms with van der Waals surface area (Å²) in [5.41, 5.74) is 0.629. The number of ether oxygens (including phenoxy) is 4. The molecule has 3 aromatic rings. The van der Waals surface area contributed by atoms with E-state index in [-0.39, 0.29) is 28.2 Å². The van der Waals surface area contributed by atoms with Crippen LogP contribution in [-0.2, 0) is 4.74 Å². The van der Waals surface area contributed by atoms with E-state index in [1.807, 2.05) is 0 Å². The molecule has 32 heavy (non-hydrogen) atoms.